The topological polar surface area (TPSA) is 33.7 Å². The summed E-state index contributed by atoms with van der Waals surface area (Å²) in [6.07, 6.45) is 1.37. The molecule has 1 fully saturated rings. The Morgan fingerprint density at radius 1 is 1.48 bits per heavy atom. The Balaban J connectivity index is 2.06. The number of anilines is 1. The number of ether oxygens (including phenoxy) is 2. The van der Waals surface area contributed by atoms with Gasteiger partial charge in [0.1, 0.15) is 0 Å². The molecule has 21 heavy (non-hydrogen) atoms. The summed E-state index contributed by atoms with van der Waals surface area (Å²) >= 11 is 6.16. The van der Waals surface area contributed by atoms with Crippen LogP contribution in [0.5, 0.6) is 0 Å². The zero-order chi connectivity index (χ0) is 15.1. The van der Waals surface area contributed by atoms with Crippen LogP contribution in [0.2, 0.25) is 5.02 Å². The molecule has 0 amide bonds. The molecule has 1 saturated heterocycles. The van der Waals surface area contributed by atoms with E-state index >= 15 is 0 Å². The highest BCUT2D eigenvalue weighted by molar-refractivity contribution is 6.30. The van der Waals surface area contributed by atoms with Gasteiger partial charge in [-0.05, 0) is 30.2 Å². The summed E-state index contributed by atoms with van der Waals surface area (Å²) in [4.78, 5) is 2.40. The first-order valence-corrected chi connectivity index (χ1v) is 7.97. The van der Waals surface area contributed by atoms with Gasteiger partial charge in [-0.15, -0.1) is 0 Å². The number of benzene rings is 1. The van der Waals surface area contributed by atoms with Crippen molar-refractivity contribution in [3.05, 3.63) is 28.8 Å². The lowest BCUT2D eigenvalue weighted by Gasteiger charge is -2.35. The van der Waals surface area contributed by atoms with Crippen LogP contribution < -0.4 is 10.2 Å². The Hall–Kier alpha value is -0.810. The molecule has 0 spiro atoms. The highest BCUT2D eigenvalue weighted by Gasteiger charge is 2.21. The number of hydrogen-bond donors (Lipinski definition) is 1. The Bertz CT molecular complexity index is 442. The first-order chi connectivity index (χ1) is 10.2. The van der Waals surface area contributed by atoms with Gasteiger partial charge in [-0.2, -0.15) is 0 Å². The van der Waals surface area contributed by atoms with Crippen LogP contribution in [-0.2, 0) is 16.0 Å². The van der Waals surface area contributed by atoms with Crippen LogP contribution in [0, 0.1) is 0 Å². The molecular formula is C16H25ClN2O2. The lowest BCUT2D eigenvalue weighted by Crippen LogP contribution is -2.42. The predicted molar refractivity (Wildman–Crippen MR) is 87.3 cm³/mol. The van der Waals surface area contributed by atoms with E-state index in [-0.39, 0.29) is 0 Å². The van der Waals surface area contributed by atoms with Crippen molar-refractivity contribution in [2.45, 2.75) is 26.0 Å². The van der Waals surface area contributed by atoms with Gasteiger partial charge in [-0.3, -0.25) is 0 Å². The highest BCUT2D eigenvalue weighted by atomic mass is 35.5. The fourth-order valence-electron chi connectivity index (χ4n) is 2.59. The number of hydrogen-bond acceptors (Lipinski definition) is 4. The van der Waals surface area contributed by atoms with E-state index in [1.54, 1.807) is 7.11 Å². The van der Waals surface area contributed by atoms with Crippen molar-refractivity contribution in [3.8, 4) is 0 Å². The summed E-state index contributed by atoms with van der Waals surface area (Å²) in [6.45, 7) is 7.19. The molecule has 0 saturated carbocycles. The average molecular weight is 313 g/mol. The van der Waals surface area contributed by atoms with Crippen molar-refractivity contribution in [2.24, 2.45) is 0 Å². The third-order valence-corrected chi connectivity index (χ3v) is 4.01. The molecule has 0 aromatic heterocycles. The van der Waals surface area contributed by atoms with E-state index in [4.69, 9.17) is 21.1 Å². The van der Waals surface area contributed by atoms with E-state index < -0.39 is 0 Å². The van der Waals surface area contributed by atoms with Crippen LogP contribution in [0.15, 0.2) is 18.2 Å². The molecule has 1 aliphatic rings. The molecule has 1 aromatic carbocycles. The fraction of sp³-hybridized carbons (Fsp3) is 0.625. The molecule has 1 N–H and O–H groups in total. The second-order valence-corrected chi connectivity index (χ2v) is 5.73. The monoisotopic (exact) mass is 312 g/mol. The molecule has 118 valence electrons. The summed E-state index contributed by atoms with van der Waals surface area (Å²) in [5.41, 5.74) is 2.49. The minimum atomic E-state index is 0.323. The minimum Gasteiger partial charge on any atom is -0.383 e. The van der Waals surface area contributed by atoms with E-state index in [1.807, 2.05) is 12.1 Å². The average Bonchev–Trinajstić information content (AvgIpc) is 2.52. The maximum Gasteiger partial charge on any atom is 0.0748 e. The number of rotatable bonds is 7. The summed E-state index contributed by atoms with van der Waals surface area (Å²) in [7, 11) is 1.71. The Morgan fingerprint density at radius 3 is 3.10 bits per heavy atom. The van der Waals surface area contributed by atoms with Crippen molar-refractivity contribution < 1.29 is 9.47 Å². The molecule has 1 atom stereocenters. The fourth-order valence-corrected chi connectivity index (χ4v) is 2.78. The largest absolute Gasteiger partial charge is 0.383 e. The van der Waals surface area contributed by atoms with Crippen LogP contribution in [0.3, 0.4) is 0 Å². The molecule has 5 heteroatoms. The van der Waals surface area contributed by atoms with Gasteiger partial charge in [0.15, 0.2) is 0 Å². The van der Waals surface area contributed by atoms with Gasteiger partial charge in [0.05, 0.1) is 19.3 Å². The van der Waals surface area contributed by atoms with Crippen molar-refractivity contribution >= 4 is 17.3 Å². The second-order valence-electron chi connectivity index (χ2n) is 5.29. The Morgan fingerprint density at radius 2 is 2.33 bits per heavy atom. The van der Waals surface area contributed by atoms with Gasteiger partial charge in [0.2, 0.25) is 0 Å². The van der Waals surface area contributed by atoms with Crippen LogP contribution >= 0.6 is 11.6 Å². The zero-order valence-corrected chi connectivity index (χ0v) is 13.7. The standard InChI is InChI=1S/C16H25ClN2O2/c1-3-15-12-19(7-9-21-15)16-5-4-14(17)10-13(16)11-18-6-8-20-2/h4-5,10,15,18H,3,6-9,11-12H2,1-2H3. The van der Waals surface area contributed by atoms with Crippen molar-refractivity contribution in [3.63, 3.8) is 0 Å². The molecule has 4 nitrogen and oxygen atoms in total. The van der Waals surface area contributed by atoms with Gasteiger partial charge < -0.3 is 19.7 Å². The van der Waals surface area contributed by atoms with Crippen LogP contribution in [0.1, 0.15) is 18.9 Å². The van der Waals surface area contributed by atoms with Crippen LogP contribution in [0.4, 0.5) is 5.69 Å². The molecule has 0 bridgehead atoms. The maximum absolute atomic E-state index is 6.16. The van der Waals surface area contributed by atoms with Crippen molar-refractivity contribution in [1.29, 1.82) is 0 Å². The lowest BCUT2D eigenvalue weighted by molar-refractivity contribution is 0.0384. The normalized spacial score (nSPS) is 19.0. The first-order valence-electron chi connectivity index (χ1n) is 7.59. The number of morpholine rings is 1. The number of methoxy groups -OCH3 is 1. The van der Waals surface area contributed by atoms with Gasteiger partial charge in [0, 0.05) is 44.0 Å². The second kappa shape index (κ2) is 8.59. The van der Waals surface area contributed by atoms with Gasteiger partial charge in [-0.1, -0.05) is 18.5 Å². The van der Waals surface area contributed by atoms with Gasteiger partial charge >= 0.3 is 0 Å². The van der Waals surface area contributed by atoms with Crippen molar-refractivity contribution in [1.82, 2.24) is 5.32 Å². The molecular weight excluding hydrogens is 288 g/mol. The summed E-state index contributed by atoms with van der Waals surface area (Å²) in [5.74, 6) is 0. The summed E-state index contributed by atoms with van der Waals surface area (Å²) in [6, 6.07) is 6.13. The summed E-state index contributed by atoms with van der Waals surface area (Å²) < 4.78 is 10.8. The smallest absolute Gasteiger partial charge is 0.0748 e. The minimum absolute atomic E-state index is 0.323. The van der Waals surface area contributed by atoms with Gasteiger partial charge in [-0.25, -0.2) is 0 Å². The maximum atomic E-state index is 6.16. The van der Waals surface area contributed by atoms with E-state index in [0.29, 0.717) is 12.7 Å². The molecule has 1 heterocycles. The third-order valence-electron chi connectivity index (χ3n) is 3.77. The van der Waals surface area contributed by atoms with E-state index in [0.717, 1.165) is 44.2 Å². The molecule has 1 aromatic rings. The quantitative estimate of drug-likeness (QED) is 0.785. The summed E-state index contributed by atoms with van der Waals surface area (Å²) in [5, 5.41) is 4.17. The number of nitrogens with one attached hydrogen (secondary N) is 1. The molecule has 1 aliphatic heterocycles. The predicted octanol–water partition coefficient (Wildman–Crippen LogP) is 2.69. The highest BCUT2D eigenvalue weighted by Crippen LogP contribution is 2.26. The number of nitrogens with zero attached hydrogens (tertiary/aromatic N) is 1. The Labute approximate surface area is 132 Å². The number of halogens is 1. The van der Waals surface area contributed by atoms with Crippen LogP contribution in [-0.4, -0.2) is 46.1 Å². The Kier molecular flexibility index (Phi) is 6.77. The van der Waals surface area contributed by atoms with Crippen LogP contribution in [0.25, 0.3) is 0 Å². The first kappa shape index (κ1) is 16.6. The third kappa shape index (κ3) is 4.85. The van der Waals surface area contributed by atoms with Crippen molar-refractivity contribution in [2.75, 3.05) is 44.9 Å². The molecule has 0 radical (unpaired) electrons. The molecule has 2 rings (SSSR count). The van der Waals surface area contributed by atoms with E-state index in [9.17, 15) is 0 Å². The molecule has 1 unspecified atom stereocenters. The van der Waals surface area contributed by atoms with E-state index in [1.165, 1.54) is 11.3 Å². The van der Waals surface area contributed by atoms with Gasteiger partial charge in [0.25, 0.3) is 0 Å². The SMILES string of the molecule is CCC1CN(c2ccc(Cl)cc2CNCCOC)CCO1. The zero-order valence-electron chi connectivity index (χ0n) is 12.9. The molecule has 0 aliphatic carbocycles. The van der Waals surface area contributed by atoms with E-state index in [2.05, 4.69) is 23.2 Å². The lowest BCUT2D eigenvalue weighted by atomic mass is 10.1.